The molecule has 3 rings (SSSR count). The Hall–Kier alpha value is -2.49. The highest BCUT2D eigenvalue weighted by Crippen LogP contribution is 2.18. The number of amides is 1. The molecule has 0 N–H and O–H groups in total. The summed E-state index contributed by atoms with van der Waals surface area (Å²) < 4.78 is 0. The van der Waals surface area contributed by atoms with Gasteiger partial charge in [0.25, 0.3) is 0 Å². The maximum absolute atomic E-state index is 12.7. The Labute approximate surface area is 150 Å². The fourth-order valence-corrected chi connectivity index (χ4v) is 3.33. The van der Waals surface area contributed by atoms with Crippen molar-refractivity contribution in [1.82, 2.24) is 4.90 Å². The number of carbonyl (C=O) groups is 1. The van der Waals surface area contributed by atoms with E-state index in [1.54, 1.807) is 0 Å². The minimum Gasteiger partial charge on any atom is -0.368 e. The number of anilines is 2. The lowest BCUT2D eigenvalue weighted by Crippen LogP contribution is -2.51. The predicted molar refractivity (Wildman–Crippen MR) is 104 cm³/mol. The van der Waals surface area contributed by atoms with Gasteiger partial charge < -0.3 is 14.7 Å². The molecule has 0 aliphatic carbocycles. The Bertz CT molecular complexity index is 693. The Morgan fingerprint density at radius 2 is 1.72 bits per heavy atom. The molecule has 2 aromatic carbocycles. The van der Waals surface area contributed by atoms with E-state index >= 15 is 0 Å². The predicted octanol–water partition coefficient (Wildman–Crippen LogP) is 3.17. The lowest BCUT2D eigenvalue weighted by molar-refractivity contribution is -0.130. The molecule has 1 heterocycles. The molecule has 0 aromatic heterocycles. The lowest BCUT2D eigenvalue weighted by atomic mass is 10.2. The highest BCUT2D eigenvalue weighted by atomic mass is 16.2. The molecule has 2 aromatic rings. The van der Waals surface area contributed by atoms with Crippen molar-refractivity contribution >= 4 is 17.3 Å². The average Bonchev–Trinajstić information content (AvgIpc) is 2.67. The smallest absolute Gasteiger partial charge is 0.242 e. The Balaban J connectivity index is 1.56. The van der Waals surface area contributed by atoms with Gasteiger partial charge in [-0.05, 0) is 43.7 Å². The number of benzene rings is 2. The molecule has 1 amide bonds. The van der Waals surface area contributed by atoms with Crippen molar-refractivity contribution < 1.29 is 4.79 Å². The molecule has 0 saturated carbocycles. The van der Waals surface area contributed by atoms with Crippen molar-refractivity contribution in [2.45, 2.75) is 13.8 Å². The highest BCUT2D eigenvalue weighted by molar-refractivity contribution is 5.81. The fraction of sp³-hybridized carbons (Fsp3) is 0.381. The molecule has 0 bridgehead atoms. The van der Waals surface area contributed by atoms with Crippen LogP contribution in [0.1, 0.15) is 12.5 Å². The Morgan fingerprint density at radius 1 is 1.00 bits per heavy atom. The Morgan fingerprint density at radius 3 is 2.36 bits per heavy atom. The van der Waals surface area contributed by atoms with Gasteiger partial charge in [0.05, 0.1) is 6.54 Å². The second kappa shape index (κ2) is 8.06. The van der Waals surface area contributed by atoms with Gasteiger partial charge in [-0.25, -0.2) is 0 Å². The molecule has 4 heteroatoms. The first-order chi connectivity index (χ1) is 12.2. The third kappa shape index (κ3) is 4.32. The summed E-state index contributed by atoms with van der Waals surface area (Å²) in [5.74, 6) is 0.217. The number of aryl methyl sites for hydroxylation is 1. The van der Waals surface area contributed by atoms with Gasteiger partial charge >= 0.3 is 0 Å². The van der Waals surface area contributed by atoms with Crippen LogP contribution >= 0.6 is 0 Å². The standard InChI is InChI=1S/C21H27N3O/c1-3-22(19-9-5-4-6-10-19)17-21(25)24-14-12-23(13-15-24)20-11-7-8-18(2)16-20/h4-11,16H,3,12-15,17H2,1-2H3. The quantitative estimate of drug-likeness (QED) is 0.838. The first-order valence-corrected chi connectivity index (χ1v) is 9.07. The van der Waals surface area contributed by atoms with Gasteiger partial charge in [-0.1, -0.05) is 30.3 Å². The molecule has 0 unspecified atom stereocenters. The number of para-hydroxylation sites is 1. The zero-order valence-corrected chi connectivity index (χ0v) is 15.2. The minimum atomic E-state index is 0.217. The van der Waals surface area contributed by atoms with Crippen LogP contribution in [-0.2, 0) is 4.79 Å². The second-order valence-electron chi connectivity index (χ2n) is 6.56. The fourth-order valence-electron chi connectivity index (χ4n) is 3.33. The molecule has 1 saturated heterocycles. The molecular formula is C21H27N3O. The number of hydrogen-bond acceptors (Lipinski definition) is 3. The van der Waals surface area contributed by atoms with E-state index in [4.69, 9.17) is 0 Å². The van der Waals surface area contributed by atoms with Crippen LogP contribution in [0.3, 0.4) is 0 Å². The average molecular weight is 337 g/mol. The number of rotatable bonds is 5. The van der Waals surface area contributed by atoms with Gasteiger partial charge in [0.15, 0.2) is 0 Å². The molecule has 0 spiro atoms. The zero-order chi connectivity index (χ0) is 17.6. The maximum Gasteiger partial charge on any atom is 0.242 e. The van der Waals surface area contributed by atoms with Gasteiger partial charge in [-0.3, -0.25) is 4.79 Å². The van der Waals surface area contributed by atoms with E-state index in [0.717, 1.165) is 38.4 Å². The third-order valence-electron chi connectivity index (χ3n) is 4.83. The van der Waals surface area contributed by atoms with E-state index in [1.807, 2.05) is 23.1 Å². The summed E-state index contributed by atoms with van der Waals surface area (Å²) in [4.78, 5) is 19.2. The van der Waals surface area contributed by atoms with Crippen molar-refractivity contribution in [3.05, 3.63) is 60.2 Å². The topological polar surface area (TPSA) is 26.8 Å². The van der Waals surface area contributed by atoms with E-state index in [2.05, 4.69) is 60.0 Å². The summed E-state index contributed by atoms with van der Waals surface area (Å²) in [6, 6.07) is 18.7. The maximum atomic E-state index is 12.7. The highest BCUT2D eigenvalue weighted by Gasteiger charge is 2.22. The molecule has 1 fully saturated rings. The molecular weight excluding hydrogens is 310 g/mol. The Kier molecular flexibility index (Phi) is 5.59. The van der Waals surface area contributed by atoms with Crippen LogP contribution in [0.15, 0.2) is 54.6 Å². The number of carbonyl (C=O) groups excluding carboxylic acids is 1. The molecule has 1 aliphatic heterocycles. The van der Waals surface area contributed by atoms with Crippen LogP contribution < -0.4 is 9.80 Å². The summed E-state index contributed by atoms with van der Waals surface area (Å²) in [7, 11) is 0. The SMILES string of the molecule is CCN(CC(=O)N1CCN(c2cccc(C)c2)CC1)c1ccccc1. The molecule has 4 nitrogen and oxygen atoms in total. The first kappa shape index (κ1) is 17.3. The monoisotopic (exact) mass is 337 g/mol. The molecule has 0 atom stereocenters. The summed E-state index contributed by atoms with van der Waals surface area (Å²) in [6.45, 7) is 8.86. The number of hydrogen-bond donors (Lipinski definition) is 0. The van der Waals surface area contributed by atoms with Crippen molar-refractivity contribution in [3.63, 3.8) is 0 Å². The van der Waals surface area contributed by atoms with Gasteiger partial charge in [-0.2, -0.15) is 0 Å². The van der Waals surface area contributed by atoms with Crippen molar-refractivity contribution in [3.8, 4) is 0 Å². The lowest BCUT2D eigenvalue weighted by Gasteiger charge is -2.37. The molecule has 1 aliphatic rings. The van der Waals surface area contributed by atoms with Crippen molar-refractivity contribution in [1.29, 1.82) is 0 Å². The van der Waals surface area contributed by atoms with Crippen LogP contribution in [0.2, 0.25) is 0 Å². The van der Waals surface area contributed by atoms with E-state index in [0.29, 0.717) is 6.54 Å². The number of piperazine rings is 1. The minimum absolute atomic E-state index is 0.217. The van der Waals surface area contributed by atoms with Gasteiger partial charge in [-0.15, -0.1) is 0 Å². The number of likely N-dealkylation sites (N-methyl/N-ethyl adjacent to an activating group) is 1. The van der Waals surface area contributed by atoms with Crippen LogP contribution in [0, 0.1) is 6.92 Å². The molecule has 0 radical (unpaired) electrons. The summed E-state index contributed by atoms with van der Waals surface area (Å²) in [6.07, 6.45) is 0. The third-order valence-corrected chi connectivity index (χ3v) is 4.83. The van der Waals surface area contributed by atoms with E-state index in [9.17, 15) is 4.79 Å². The van der Waals surface area contributed by atoms with Crippen molar-refractivity contribution in [2.24, 2.45) is 0 Å². The van der Waals surface area contributed by atoms with E-state index in [-0.39, 0.29) is 5.91 Å². The van der Waals surface area contributed by atoms with Crippen LogP contribution in [0.4, 0.5) is 11.4 Å². The van der Waals surface area contributed by atoms with E-state index < -0.39 is 0 Å². The zero-order valence-electron chi connectivity index (χ0n) is 15.2. The summed E-state index contributed by atoms with van der Waals surface area (Å²) in [5.41, 5.74) is 3.64. The van der Waals surface area contributed by atoms with Crippen LogP contribution in [0.5, 0.6) is 0 Å². The van der Waals surface area contributed by atoms with E-state index in [1.165, 1.54) is 11.3 Å². The van der Waals surface area contributed by atoms with Gasteiger partial charge in [0.2, 0.25) is 5.91 Å². The molecule has 25 heavy (non-hydrogen) atoms. The van der Waals surface area contributed by atoms with Crippen LogP contribution in [0.25, 0.3) is 0 Å². The molecule has 132 valence electrons. The van der Waals surface area contributed by atoms with Gasteiger partial charge in [0, 0.05) is 44.1 Å². The van der Waals surface area contributed by atoms with Crippen LogP contribution in [-0.4, -0.2) is 50.1 Å². The first-order valence-electron chi connectivity index (χ1n) is 9.07. The summed E-state index contributed by atoms with van der Waals surface area (Å²) >= 11 is 0. The normalized spacial score (nSPS) is 14.5. The summed E-state index contributed by atoms with van der Waals surface area (Å²) in [5, 5.41) is 0. The number of nitrogens with zero attached hydrogens (tertiary/aromatic N) is 3. The largest absolute Gasteiger partial charge is 0.368 e. The second-order valence-corrected chi connectivity index (χ2v) is 6.56. The van der Waals surface area contributed by atoms with Crippen molar-refractivity contribution in [2.75, 3.05) is 49.1 Å². The van der Waals surface area contributed by atoms with Gasteiger partial charge in [0.1, 0.15) is 0 Å².